The first-order valence-electron chi connectivity index (χ1n) is 6.47. The van der Waals surface area contributed by atoms with Gasteiger partial charge in [0.15, 0.2) is 6.39 Å². The molecule has 96 valence electrons. The van der Waals surface area contributed by atoms with Gasteiger partial charge in [-0.2, -0.15) is 0 Å². The van der Waals surface area contributed by atoms with E-state index in [-0.39, 0.29) is 0 Å². The van der Waals surface area contributed by atoms with Crippen LogP contribution >= 0.6 is 0 Å². The lowest BCUT2D eigenvalue weighted by atomic mass is 10.1. The zero-order chi connectivity index (χ0) is 12.8. The van der Waals surface area contributed by atoms with Crippen LogP contribution in [0.15, 0.2) is 35.1 Å². The fourth-order valence-corrected chi connectivity index (χ4v) is 2.01. The molecule has 0 fully saturated rings. The van der Waals surface area contributed by atoms with E-state index in [1.807, 2.05) is 0 Å². The fourth-order valence-electron chi connectivity index (χ4n) is 2.01. The van der Waals surface area contributed by atoms with Crippen LogP contribution < -0.4 is 5.32 Å². The third kappa shape index (κ3) is 3.44. The smallest absolute Gasteiger partial charge is 0.181 e. The number of nitrogens with zero attached hydrogens (tertiary/aromatic N) is 1. The van der Waals surface area contributed by atoms with Crippen LogP contribution in [0.1, 0.15) is 29.5 Å². The van der Waals surface area contributed by atoms with Crippen LogP contribution in [-0.4, -0.2) is 11.5 Å². The Morgan fingerprint density at radius 1 is 1.28 bits per heavy atom. The predicted molar refractivity (Wildman–Crippen MR) is 72.5 cm³/mol. The lowest BCUT2D eigenvalue weighted by molar-refractivity contribution is 0.497. The summed E-state index contributed by atoms with van der Waals surface area (Å²) in [6.45, 7) is 5.95. The summed E-state index contributed by atoms with van der Waals surface area (Å²) < 4.78 is 5.46. The quantitative estimate of drug-likeness (QED) is 0.849. The number of hydrogen-bond acceptors (Lipinski definition) is 3. The molecule has 1 N–H and O–H groups in total. The first kappa shape index (κ1) is 12.8. The Morgan fingerprint density at radius 2 is 2.17 bits per heavy atom. The van der Waals surface area contributed by atoms with Crippen LogP contribution in [0.2, 0.25) is 0 Å². The number of rotatable bonds is 6. The van der Waals surface area contributed by atoms with Crippen molar-refractivity contribution in [2.24, 2.45) is 0 Å². The maximum Gasteiger partial charge on any atom is 0.181 e. The summed E-state index contributed by atoms with van der Waals surface area (Å²) in [6, 6.07) is 8.60. The average molecular weight is 244 g/mol. The van der Waals surface area contributed by atoms with Gasteiger partial charge in [0.25, 0.3) is 0 Å². The van der Waals surface area contributed by atoms with E-state index in [1.165, 1.54) is 17.5 Å². The normalized spacial score (nSPS) is 10.8. The molecule has 0 spiro atoms. The zero-order valence-corrected chi connectivity index (χ0v) is 11.1. The Bertz CT molecular complexity index is 491. The molecule has 0 radical (unpaired) electrons. The van der Waals surface area contributed by atoms with E-state index >= 15 is 0 Å². The van der Waals surface area contributed by atoms with E-state index in [1.54, 1.807) is 0 Å². The summed E-state index contributed by atoms with van der Waals surface area (Å²) in [7, 11) is 0. The Hall–Kier alpha value is -1.61. The van der Waals surface area contributed by atoms with Crippen molar-refractivity contribution >= 4 is 0 Å². The summed E-state index contributed by atoms with van der Waals surface area (Å²) in [4.78, 5) is 4.25. The largest absolute Gasteiger partial charge is 0.448 e. The zero-order valence-electron chi connectivity index (χ0n) is 11.1. The highest BCUT2D eigenvalue weighted by molar-refractivity contribution is 5.23. The maximum atomic E-state index is 5.46. The number of aryl methyl sites for hydroxylation is 3. The third-order valence-electron chi connectivity index (χ3n) is 2.99. The van der Waals surface area contributed by atoms with Gasteiger partial charge in [0.2, 0.25) is 0 Å². The van der Waals surface area contributed by atoms with Crippen molar-refractivity contribution in [3.8, 4) is 0 Å². The first-order chi connectivity index (χ1) is 8.79. The van der Waals surface area contributed by atoms with Gasteiger partial charge in [0.05, 0.1) is 5.69 Å². The molecule has 0 saturated carbocycles. The van der Waals surface area contributed by atoms with Crippen LogP contribution in [0.3, 0.4) is 0 Å². The standard InChI is InChI=1S/C15H20N2O/c1-3-16-10-14-15(18-11-17-14)8-7-13-6-4-5-12(2)9-13/h4-6,9,11,16H,3,7-8,10H2,1-2H3. The molecule has 0 aliphatic carbocycles. The molecular formula is C15H20N2O. The second-order valence-electron chi connectivity index (χ2n) is 4.49. The van der Waals surface area contributed by atoms with Crippen molar-refractivity contribution in [1.29, 1.82) is 0 Å². The molecule has 0 unspecified atom stereocenters. The average Bonchev–Trinajstić information content (AvgIpc) is 2.81. The Kier molecular flexibility index (Phi) is 4.53. The van der Waals surface area contributed by atoms with E-state index < -0.39 is 0 Å². The Balaban J connectivity index is 1.95. The molecule has 2 rings (SSSR count). The molecule has 1 aromatic carbocycles. The minimum atomic E-state index is 0.788. The van der Waals surface area contributed by atoms with E-state index in [0.717, 1.165) is 37.4 Å². The molecule has 0 saturated heterocycles. The molecule has 0 aliphatic rings. The van der Waals surface area contributed by atoms with Gasteiger partial charge in [0.1, 0.15) is 5.76 Å². The highest BCUT2D eigenvalue weighted by Gasteiger charge is 2.07. The van der Waals surface area contributed by atoms with E-state index in [9.17, 15) is 0 Å². The molecule has 2 aromatic rings. The molecule has 0 aliphatic heterocycles. The van der Waals surface area contributed by atoms with Crippen LogP contribution in [0, 0.1) is 6.92 Å². The van der Waals surface area contributed by atoms with Crippen molar-refractivity contribution < 1.29 is 4.42 Å². The Labute approximate surface area is 108 Å². The van der Waals surface area contributed by atoms with Crippen LogP contribution in [0.25, 0.3) is 0 Å². The molecule has 1 heterocycles. The summed E-state index contributed by atoms with van der Waals surface area (Å²) in [5.41, 5.74) is 3.68. The summed E-state index contributed by atoms with van der Waals surface area (Å²) in [5.74, 6) is 0.998. The van der Waals surface area contributed by atoms with Crippen molar-refractivity contribution in [2.45, 2.75) is 33.2 Å². The summed E-state index contributed by atoms with van der Waals surface area (Å²) in [6.07, 6.45) is 3.44. The summed E-state index contributed by atoms with van der Waals surface area (Å²) in [5, 5.41) is 3.28. The maximum absolute atomic E-state index is 5.46. The molecule has 3 heteroatoms. The topological polar surface area (TPSA) is 38.1 Å². The second kappa shape index (κ2) is 6.36. The third-order valence-corrected chi connectivity index (χ3v) is 2.99. The molecular weight excluding hydrogens is 224 g/mol. The fraction of sp³-hybridized carbons (Fsp3) is 0.400. The predicted octanol–water partition coefficient (Wildman–Crippen LogP) is 2.88. The van der Waals surface area contributed by atoms with Gasteiger partial charge in [-0.3, -0.25) is 0 Å². The van der Waals surface area contributed by atoms with Gasteiger partial charge < -0.3 is 9.73 Å². The van der Waals surface area contributed by atoms with Crippen LogP contribution in [-0.2, 0) is 19.4 Å². The van der Waals surface area contributed by atoms with E-state index in [4.69, 9.17) is 4.42 Å². The monoisotopic (exact) mass is 244 g/mol. The van der Waals surface area contributed by atoms with Gasteiger partial charge in [-0.05, 0) is 25.5 Å². The minimum Gasteiger partial charge on any atom is -0.448 e. The van der Waals surface area contributed by atoms with Gasteiger partial charge in [0, 0.05) is 13.0 Å². The van der Waals surface area contributed by atoms with Crippen molar-refractivity contribution in [3.05, 3.63) is 53.2 Å². The van der Waals surface area contributed by atoms with Crippen molar-refractivity contribution in [2.75, 3.05) is 6.54 Å². The van der Waals surface area contributed by atoms with Gasteiger partial charge >= 0.3 is 0 Å². The van der Waals surface area contributed by atoms with E-state index in [0.29, 0.717) is 0 Å². The number of benzene rings is 1. The van der Waals surface area contributed by atoms with Gasteiger partial charge in [-0.25, -0.2) is 4.98 Å². The van der Waals surface area contributed by atoms with Crippen molar-refractivity contribution in [3.63, 3.8) is 0 Å². The lowest BCUT2D eigenvalue weighted by Crippen LogP contribution is -2.13. The number of aromatic nitrogens is 1. The molecule has 1 aromatic heterocycles. The first-order valence-corrected chi connectivity index (χ1v) is 6.47. The summed E-state index contributed by atoms with van der Waals surface area (Å²) >= 11 is 0. The SMILES string of the molecule is CCNCc1ncoc1CCc1cccc(C)c1. The Morgan fingerprint density at radius 3 is 2.94 bits per heavy atom. The molecule has 0 bridgehead atoms. The van der Waals surface area contributed by atoms with Gasteiger partial charge in [-0.15, -0.1) is 0 Å². The molecule has 3 nitrogen and oxygen atoms in total. The number of nitrogens with one attached hydrogen (secondary N) is 1. The van der Waals surface area contributed by atoms with Crippen molar-refractivity contribution in [1.82, 2.24) is 10.3 Å². The molecule has 0 atom stereocenters. The minimum absolute atomic E-state index is 0.788. The number of oxazole rings is 1. The highest BCUT2D eigenvalue weighted by atomic mass is 16.3. The van der Waals surface area contributed by atoms with Crippen LogP contribution in [0.4, 0.5) is 0 Å². The lowest BCUT2D eigenvalue weighted by Gasteiger charge is -2.03. The second-order valence-corrected chi connectivity index (χ2v) is 4.49. The highest BCUT2D eigenvalue weighted by Crippen LogP contribution is 2.12. The van der Waals surface area contributed by atoms with Crippen LogP contribution in [0.5, 0.6) is 0 Å². The molecule has 0 amide bonds. The van der Waals surface area contributed by atoms with Gasteiger partial charge in [-0.1, -0.05) is 36.8 Å². The van der Waals surface area contributed by atoms with E-state index in [2.05, 4.69) is 48.4 Å². The molecule has 18 heavy (non-hydrogen) atoms. The number of hydrogen-bond donors (Lipinski definition) is 1.